The predicted octanol–water partition coefficient (Wildman–Crippen LogP) is 3.33. The van der Waals surface area contributed by atoms with Crippen LogP contribution in [0.3, 0.4) is 0 Å². The largest absolute Gasteiger partial charge is 0.464 e. The van der Waals surface area contributed by atoms with Crippen molar-refractivity contribution in [2.75, 3.05) is 12.4 Å². The van der Waals surface area contributed by atoms with Crippen LogP contribution in [-0.2, 0) is 4.74 Å². The molecule has 2 heterocycles. The molecule has 1 aliphatic heterocycles. The average Bonchev–Trinajstić information content (AvgIpc) is 2.96. The molecule has 122 valence electrons. The Morgan fingerprint density at radius 1 is 1.35 bits per heavy atom. The number of carbonyl (C=O) groups excluding carboxylic acids is 1. The Bertz CT molecular complexity index is 713. The highest BCUT2D eigenvalue weighted by Gasteiger charge is 2.46. The number of anilines is 1. The summed E-state index contributed by atoms with van der Waals surface area (Å²) in [5.41, 5.74) is 0.590. The Kier molecular flexibility index (Phi) is 3.75. The lowest BCUT2D eigenvalue weighted by Crippen LogP contribution is -2.35. The van der Waals surface area contributed by atoms with Gasteiger partial charge < -0.3 is 10.1 Å². The summed E-state index contributed by atoms with van der Waals surface area (Å²) >= 11 is 0. The van der Waals surface area contributed by atoms with Gasteiger partial charge in [0, 0.05) is 12.5 Å². The molecule has 8 heteroatoms. The van der Waals surface area contributed by atoms with Crippen LogP contribution in [0.15, 0.2) is 36.4 Å². The molecule has 1 aromatic carbocycles. The summed E-state index contributed by atoms with van der Waals surface area (Å²) in [5.74, 6) is -0.626. The molecule has 0 bridgehead atoms. The van der Waals surface area contributed by atoms with Gasteiger partial charge in [-0.2, -0.15) is 18.3 Å². The van der Waals surface area contributed by atoms with E-state index >= 15 is 0 Å². The van der Waals surface area contributed by atoms with Crippen molar-refractivity contribution in [2.24, 2.45) is 0 Å². The number of aromatic nitrogens is 2. The second-order valence-electron chi connectivity index (χ2n) is 5.25. The molecule has 5 nitrogen and oxygen atoms in total. The molecule has 0 spiro atoms. The third-order valence-corrected chi connectivity index (χ3v) is 3.79. The Balaban J connectivity index is 2.01. The number of nitrogens with zero attached hydrogens (tertiary/aromatic N) is 2. The highest BCUT2D eigenvalue weighted by molar-refractivity contribution is 5.88. The van der Waals surface area contributed by atoms with Gasteiger partial charge in [-0.25, -0.2) is 9.48 Å². The number of rotatable bonds is 2. The predicted molar refractivity (Wildman–Crippen MR) is 76.1 cm³/mol. The molecule has 23 heavy (non-hydrogen) atoms. The van der Waals surface area contributed by atoms with Crippen LogP contribution >= 0.6 is 0 Å². The maximum Gasteiger partial charge on any atom is 0.410 e. The molecule has 0 amide bonds. The smallest absolute Gasteiger partial charge is 0.410 e. The number of benzene rings is 1. The molecule has 3 rings (SSSR count). The quantitative estimate of drug-likeness (QED) is 0.861. The van der Waals surface area contributed by atoms with Gasteiger partial charge >= 0.3 is 12.1 Å². The minimum Gasteiger partial charge on any atom is -0.464 e. The minimum atomic E-state index is -4.47. The monoisotopic (exact) mass is 325 g/mol. The lowest BCUT2D eigenvalue weighted by molar-refractivity contribution is -0.173. The molecule has 0 radical (unpaired) electrons. The van der Waals surface area contributed by atoms with Crippen molar-refractivity contribution >= 4 is 11.8 Å². The first-order valence-electron chi connectivity index (χ1n) is 6.96. The standard InChI is InChI=1S/C15H14F3N3O2/c1-23-14(22)11-8-13-19-10(9-5-3-2-4-6-9)7-12(15(16,17)18)21(13)20-11/h2-6,8,10,12,19H,7H2,1H3/t10-,12+/m1/s1. The first-order valence-corrected chi connectivity index (χ1v) is 6.96. The fraction of sp³-hybridized carbons (Fsp3) is 0.333. The Morgan fingerprint density at radius 2 is 2.04 bits per heavy atom. The zero-order chi connectivity index (χ0) is 16.6. The molecule has 0 unspecified atom stereocenters. The summed E-state index contributed by atoms with van der Waals surface area (Å²) in [7, 11) is 1.15. The van der Waals surface area contributed by atoms with E-state index < -0.39 is 24.2 Å². The van der Waals surface area contributed by atoms with Crippen LogP contribution in [0, 0.1) is 0 Å². The molecule has 0 fully saturated rings. The van der Waals surface area contributed by atoms with Crippen molar-refractivity contribution in [3.8, 4) is 0 Å². The summed E-state index contributed by atoms with van der Waals surface area (Å²) in [4.78, 5) is 11.5. The number of hydrogen-bond acceptors (Lipinski definition) is 4. The third-order valence-electron chi connectivity index (χ3n) is 3.79. The number of alkyl halides is 3. The molecule has 0 saturated heterocycles. The second kappa shape index (κ2) is 5.60. The lowest BCUT2D eigenvalue weighted by atomic mass is 9.97. The summed E-state index contributed by atoms with van der Waals surface area (Å²) in [6.07, 6.45) is -4.67. The van der Waals surface area contributed by atoms with E-state index in [1.807, 2.05) is 0 Å². The minimum absolute atomic E-state index is 0.146. The maximum atomic E-state index is 13.4. The number of carbonyl (C=O) groups is 1. The number of ether oxygens (including phenoxy) is 1. The van der Waals surface area contributed by atoms with E-state index in [2.05, 4.69) is 15.2 Å². The van der Waals surface area contributed by atoms with Gasteiger partial charge in [0.15, 0.2) is 11.7 Å². The summed E-state index contributed by atoms with van der Waals surface area (Å²) in [6, 6.07) is 7.82. The highest BCUT2D eigenvalue weighted by atomic mass is 19.4. The van der Waals surface area contributed by atoms with Crippen molar-refractivity contribution in [1.82, 2.24) is 9.78 Å². The highest BCUT2D eigenvalue weighted by Crippen LogP contribution is 2.43. The van der Waals surface area contributed by atoms with Gasteiger partial charge in [0.1, 0.15) is 5.82 Å². The Hall–Kier alpha value is -2.51. The summed E-state index contributed by atoms with van der Waals surface area (Å²) < 4.78 is 45.5. The van der Waals surface area contributed by atoms with E-state index in [1.165, 1.54) is 6.07 Å². The van der Waals surface area contributed by atoms with Gasteiger partial charge in [0.2, 0.25) is 0 Å². The first kappa shape index (κ1) is 15.4. The van der Waals surface area contributed by atoms with Crippen molar-refractivity contribution < 1.29 is 22.7 Å². The second-order valence-corrected chi connectivity index (χ2v) is 5.25. The van der Waals surface area contributed by atoms with Crippen LogP contribution in [0.25, 0.3) is 0 Å². The first-order chi connectivity index (χ1) is 10.9. The zero-order valence-corrected chi connectivity index (χ0v) is 12.2. The van der Waals surface area contributed by atoms with E-state index in [0.717, 1.165) is 17.4 Å². The van der Waals surface area contributed by atoms with Crippen molar-refractivity contribution in [3.05, 3.63) is 47.7 Å². The van der Waals surface area contributed by atoms with Crippen LogP contribution in [0.2, 0.25) is 0 Å². The summed E-state index contributed by atoms with van der Waals surface area (Å²) in [5, 5.41) is 6.76. The number of fused-ring (bicyclic) bond motifs is 1. The van der Waals surface area contributed by atoms with Crippen molar-refractivity contribution in [2.45, 2.75) is 24.7 Å². The molecule has 2 atom stereocenters. The fourth-order valence-corrected chi connectivity index (χ4v) is 2.68. The average molecular weight is 325 g/mol. The van der Waals surface area contributed by atoms with Gasteiger partial charge in [-0.05, 0) is 5.56 Å². The van der Waals surface area contributed by atoms with Crippen LogP contribution in [0.1, 0.15) is 34.6 Å². The number of nitrogens with one attached hydrogen (secondary N) is 1. The van der Waals surface area contributed by atoms with E-state index in [4.69, 9.17) is 0 Å². The molecular formula is C15H14F3N3O2. The number of hydrogen-bond donors (Lipinski definition) is 1. The maximum absolute atomic E-state index is 13.4. The van der Waals surface area contributed by atoms with Gasteiger partial charge in [0.05, 0.1) is 13.2 Å². The fourth-order valence-electron chi connectivity index (χ4n) is 2.68. The van der Waals surface area contributed by atoms with E-state index in [-0.39, 0.29) is 17.9 Å². The lowest BCUT2D eigenvalue weighted by Gasteiger charge is -2.33. The molecule has 2 aromatic rings. The van der Waals surface area contributed by atoms with Crippen molar-refractivity contribution in [1.29, 1.82) is 0 Å². The van der Waals surface area contributed by atoms with Gasteiger partial charge in [-0.1, -0.05) is 30.3 Å². The van der Waals surface area contributed by atoms with Gasteiger partial charge in [0.25, 0.3) is 0 Å². The van der Waals surface area contributed by atoms with Gasteiger partial charge in [-0.15, -0.1) is 0 Å². The van der Waals surface area contributed by atoms with E-state index in [0.29, 0.717) is 0 Å². The topological polar surface area (TPSA) is 56.2 Å². The zero-order valence-electron chi connectivity index (χ0n) is 12.2. The van der Waals surface area contributed by atoms with Crippen LogP contribution in [0.5, 0.6) is 0 Å². The molecule has 0 saturated carbocycles. The van der Waals surface area contributed by atoms with Crippen molar-refractivity contribution in [3.63, 3.8) is 0 Å². The van der Waals surface area contributed by atoms with Crippen LogP contribution in [-0.4, -0.2) is 29.0 Å². The van der Waals surface area contributed by atoms with Crippen LogP contribution < -0.4 is 5.32 Å². The SMILES string of the molecule is COC(=O)c1cc2n(n1)[C@H](C(F)(F)F)C[C@H](c1ccccc1)N2. The number of esters is 1. The van der Waals surface area contributed by atoms with Crippen LogP contribution in [0.4, 0.5) is 19.0 Å². The molecule has 1 aliphatic rings. The Morgan fingerprint density at radius 3 is 2.65 bits per heavy atom. The number of halogens is 3. The van der Waals surface area contributed by atoms with Gasteiger partial charge in [-0.3, -0.25) is 0 Å². The molecule has 1 N–H and O–H groups in total. The third kappa shape index (κ3) is 2.88. The number of methoxy groups -OCH3 is 1. The molecular weight excluding hydrogens is 311 g/mol. The van der Waals surface area contributed by atoms with E-state index in [1.54, 1.807) is 30.3 Å². The summed E-state index contributed by atoms with van der Waals surface area (Å²) in [6.45, 7) is 0. The molecule has 0 aliphatic carbocycles. The Labute approximate surface area is 130 Å². The van der Waals surface area contributed by atoms with E-state index in [9.17, 15) is 18.0 Å². The normalized spacial score (nSPS) is 20.5. The molecule has 1 aromatic heterocycles.